The average Bonchev–Trinajstić information content (AvgIpc) is 2.86. The van der Waals surface area contributed by atoms with E-state index in [0.717, 1.165) is 32.2 Å². The van der Waals surface area contributed by atoms with Gasteiger partial charge in [-0.15, -0.1) is 0 Å². The minimum atomic E-state index is -0.377. The molecule has 0 saturated carbocycles. The van der Waals surface area contributed by atoms with Crippen molar-refractivity contribution in [3.05, 3.63) is 24.0 Å². The van der Waals surface area contributed by atoms with Gasteiger partial charge < -0.3 is 20.1 Å². The number of nitrogens with two attached hydrogens (primary N) is 1. The molecule has 2 saturated heterocycles. The monoisotopic (exact) mass is 332 g/mol. The summed E-state index contributed by atoms with van der Waals surface area (Å²) in [6, 6.07) is 3.98. The number of nitrogens with zero attached hydrogens (tertiary/aromatic N) is 3. The Kier molecular flexibility index (Phi) is 5.11. The summed E-state index contributed by atoms with van der Waals surface area (Å²) in [5, 5.41) is 0. The number of amides is 3. The minimum Gasteiger partial charge on any atom is -0.353 e. The van der Waals surface area contributed by atoms with Crippen LogP contribution in [0.1, 0.15) is 50.3 Å². The predicted octanol–water partition coefficient (Wildman–Crippen LogP) is 2.26. The third kappa shape index (κ3) is 3.42. The highest BCUT2D eigenvalue weighted by Crippen LogP contribution is 2.33. The second kappa shape index (κ2) is 7.28. The molecule has 2 aliphatic rings. The Morgan fingerprint density at radius 2 is 1.83 bits per heavy atom. The van der Waals surface area contributed by atoms with Gasteiger partial charge in [0.05, 0.1) is 6.04 Å². The number of hydrogen-bond acceptors (Lipinski definition) is 2. The molecule has 0 aliphatic carbocycles. The first-order valence-corrected chi connectivity index (χ1v) is 9.04. The predicted molar refractivity (Wildman–Crippen MR) is 92.2 cm³/mol. The number of aryl methyl sites for hydroxylation is 1. The first-order valence-electron chi connectivity index (χ1n) is 9.04. The van der Waals surface area contributed by atoms with Crippen LogP contribution in [-0.4, -0.2) is 45.9 Å². The average molecular weight is 332 g/mol. The number of likely N-dealkylation sites (tertiary alicyclic amines) is 2. The Hall–Kier alpha value is -1.98. The molecule has 1 unspecified atom stereocenters. The van der Waals surface area contributed by atoms with Crippen LogP contribution in [0, 0.1) is 5.92 Å². The zero-order valence-corrected chi connectivity index (χ0v) is 14.5. The van der Waals surface area contributed by atoms with Crippen LogP contribution in [0.5, 0.6) is 0 Å². The number of hydrogen-bond donors (Lipinski definition) is 1. The molecule has 24 heavy (non-hydrogen) atoms. The third-order valence-corrected chi connectivity index (χ3v) is 5.52. The molecule has 0 spiro atoms. The van der Waals surface area contributed by atoms with Crippen molar-refractivity contribution in [3.8, 4) is 0 Å². The van der Waals surface area contributed by atoms with Gasteiger partial charge in [-0.25, -0.2) is 4.79 Å². The lowest BCUT2D eigenvalue weighted by Gasteiger charge is -2.36. The van der Waals surface area contributed by atoms with Gasteiger partial charge in [0.25, 0.3) is 0 Å². The van der Waals surface area contributed by atoms with Gasteiger partial charge in [0.2, 0.25) is 5.91 Å². The summed E-state index contributed by atoms with van der Waals surface area (Å²) in [5.74, 6) is 0.272. The number of aromatic nitrogens is 1. The fourth-order valence-corrected chi connectivity index (χ4v) is 4.08. The molecule has 3 heterocycles. The Balaban J connectivity index is 1.73. The maximum atomic E-state index is 13.2. The quantitative estimate of drug-likeness (QED) is 0.902. The standard InChI is InChI=1S/C18H28N4O2/c1-20-10-5-7-15(20)16-6-3-2-4-11-22(16)17(23)14-8-12-21(13-9-14)18(19)24/h5,7,10,14,16H,2-4,6,8-9,11-13H2,1H3,(H2,19,24). The van der Waals surface area contributed by atoms with Gasteiger partial charge >= 0.3 is 6.03 Å². The van der Waals surface area contributed by atoms with E-state index in [2.05, 4.69) is 15.5 Å². The highest BCUT2D eigenvalue weighted by Gasteiger charge is 2.34. The van der Waals surface area contributed by atoms with Crippen LogP contribution < -0.4 is 5.73 Å². The molecule has 3 rings (SSSR count). The van der Waals surface area contributed by atoms with Crippen molar-refractivity contribution < 1.29 is 9.59 Å². The number of carbonyl (C=O) groups is 2. The second-order valence-corrected chi connectivity index (χ2v) is 7.04. The Morgan fingerprint density at radius 1 is 1.08 bits per heavy atom. The lowest BCUT2D eigenvalue weighted by molar-refractivity contribution is -0.139. The summed E-state index contributed by atoms with van der Waals surface area (Å²) in [6.45, 7) is 2.02. The first kappa shape index (κ1) is 16.9. The van der Waals surface area contributed by atoms with E-state index in [0.29, 0.717) is 13.1 Å². The van der Waals surface area contributed by atoms with Crippen molar-refractivity contribution in [1.82, 2.24) is 14.4 Å². The summed E-state index contributed by atoms with van der Waals surface area (Å²) >= 11 is 0. The molecule has 1 aromatic heterocycles. The molecule has 3 amide bonds. The normalized spacial score (nSPS) is 23.1. The zero-order chi connectivity index (χ0) is 17.1. The van der Waals surface area contributed by atoms with Gasteiger partial charge in [0.15, 0.2) is 0 Å². The fourth-order valence-electron chi connectivity index (χ4n) is 4.08. The molecule has 2 aliphatic heterocycles. The van der Waals surface area contributed by atoms with Crippen LogP contribution in [-0.2, 0) is 11.8 Å². The second-order valence-electron chi connectivity index (χ2n) is 7.04. The molecule has 6 nitrogen and oxygen atoms in total. The van der Waals surface area contributed by atoms with Crippen molar-refractivity contribution in [2.45, 2.75) is 44.6 Å². The third-order valence-electron chi connectivity index (χ3n) is 5.52. The molecule has 0 radical (unpaired) electrons. The van der Waals surface area contributed by atoms with Crippen LogP contribution in [0.25, 0.3) is 0 Å². The van der Waals surface area contributed by atoms with Crippen LogP contribution >= 0.6 is 0 Å². The number of carbonyl (C=O) groups excluding carboxylic acids is 2. The van der Waals surface area contributed by atoms with Crippen LogP contribution in [0.4, 0.5) is 4.79 Å². The largest absolute Gasteiger partial charge is 0.353 e. The van der Waals surface area contributed by atoms with Gasteiger partial charge in [0, 0.05) is 44.5 Å². The molecule has 0 bridgehead atoms. The summed E-state index contributed by atoms with van der Waals surface area (Å²) < 4.78 is 2.13. The smallest absolute Gasteiger partial charge is 0.314 e. The van der Waals surface area contributed by atoms with E-state index < -0.39 is 0 Å². The van der Waals surface area contributed by atoms with Gasteiger partial charge in [-0.2, -0.15) is 0 Å². The van der Waals surface area contributed by atoms with Crippen molar-refractivity contribution in [2.24, 2.45) is 18.7 Å². The highest BCUT2D eigenvalue weighted by atomic mass is 16.2. The molecule has 6 heteroatoms. The van der Waals surface area contributed by atoms with Crippen molar-refractivity contribution >= 4 is 11.9 Å². The van der Waals surface area contributed by atoms with Gasteiger partial charge in [0.1, 0.15) is 0 Å². The van der Waals surface area contributed by atoms with E-state index in [1.54, 1.807) is 4.90 Å². The lowest BCUT2D eigenvalue weighted by Crippen LogP contribution is -2.47. The molecule has 132 valence electrons. The van der Waals surface area contributed by atoms with Gasteiger partial charge in [-0.05, 0) is 37.8 Å². The van der Waals surface area contributed by atoms with E-state index in [-0.39, 0.29) is 23.9 Å². The molecule has 0 aromatic carbocycles. The van der Waals surface area contributed by atoms with Crippen LogP contribution in [0.15, 0.2) is 18.3 Å². The Morgan fingerprint density at radius 3 is 2.46 bits per heavy atom. The highest BCUT2D eigenvalue weighted by molar-refractivity contribution is 5.80. The maximum Gasteiger partial charge on any atom is 0.314 e. The number of urea groups is 1. The summed E-state index contributed by atoms with van der Waals surface area (Å²) in [4.78, 5) is 28.2. The minimum absolute atomic E-state index is 0.0152. The Bertz CT molecular complexity index is 590. The number of piperidine rings is 1. The van der Waals surface area contributed by atoms with Crippen molar-refractivity contribution in [1.29, 1.82) is 0 Å². The number of primary amides is 1. The maximum absolute atomic E-state index is 13.2. The van der Waals surface area contributed by atoms with E-state index in [1.807, 2.05) is 19.3 Å². The molecular weight excluding hydrogens is 304 g/mol. The molecule has 2 fully saturated rings. The molecule has 1 aromatic rings. The fraction of sp³-hybridized carbons (Fsp3) is 0.667. The molecule has 2 N–H and O–H groups in total. The van der Waals surface area contributed by atoms with Gasteiger partial charge in [-0.3, -0.25) is 4.79 Å². The van der Waals surface area contributed by atoms with E-state index in [1.165, 1.54) is 18.5 Å². The van der Waals surface area contributed by atoms with Crippen LogP contribution in [0.2, 0.25) is 0 Å². The number of rotatable bonds is 2. The van der Waals surface area contributed by atoms with Gasteiger partial charge in [-0.1, -0.05) is 12.8 Å². The van der Waals surface area contributed by atoms with E-state index in [4.69, 9.17) is 5.73 Å². The summed E-state index contributed by atoms with van der Waals surface area (Å²) in [5.41, 5.74) is 6.57. The molecule has 1 atom stereocenters. The SMILES string of the molecule is Cn1cccc1C1CCCCCN1C(=O)C1CCN(C(N)=O)CC1. The Labute approximate surface area is 143 Å². The van der Waals surface area contributed by atoms with E-state index in [9.17, 15) is 9.59 Å². The van der Waals surface area contributed by atoms with E-state index >= 15 is 0 Å². The van der Waals surface area contributed by atoms with Crippen molar-refractivity contribution in [3.63, 3.8) is 0 Å². The summed E-state index contributed by atoms with van der Waals surface area (Å²) in [6.07, 6.45) is 7.95. The van der Waals surface area contributed by atoms with Crippen molar-refractivity contribution in [2.75, 3.05) is 19.6 Å². The zero-order valence-electron chi connectivity index (χ0n) is 14.5. The molecular formula is C18H28N4O2. The lowest BCUT2D eigenvalue weighted by atomic mass is 9.94. The first-order chi connectivity index (χ1) is 11.6. The van der Waals surface area contributed by atoms with Crippen LogP contribution in [0.3, 0.4) is 0 Å². The summed E-state index contributed by atoms with van der Waals surface area (Å²) in [7, 11) is 2.05. The topological polar surface area (TPSA) is 71.6 Å².